The zero-order chi connectivity index (χ0) is 48.1. The van der Waals surface area contributed by atoms with Gasteiger partial charge in [0.2, 0.25) is 0 Å². The summed E-state index contributed by atoms with van der Waals surface area (Å²) >= 11 is 0. The van der Waals surface area contributed by atoms with Gasteiger partial charge in [-0.2, -0.15) is 5.26 Å². The molecular formula is C62H60N6. The van der Waals surface area contributed by atoms with Crippen LogP contribution in [0.3, 0.4) is 0 Å². The molecule has 6 heteroatoms. The summed E-state index contributed by atoms with van der Waals surface area (Å²) in [5.41, 5.74) is 13.5. The van der Waals surface area contributed by atoms with E-state index in [9.17, 15) is 5.26 Å². The van der Waals surface area contributed by atoms with Gasteiger partial charge in [0.15, 0.2) is 17.5 Å². The highest BCUT2D eigenvalue weighted by molar-refractivity contribution is 6.12. The third-order valence-corrected chi connectivity index (χ3v) is 13.6. The van der Waals surface area contributed by atoms with Crippen molar-refractivity contribution in [2.24, 2.45) is 0 Å². The van der Waals surface area contributed by atoms with Gasteiger partial charge in [-0.15, -0.1) is 0 Å². The number of nitriles is 1. The molecule has 0 spiro atoms. The van der Waals surface area contributed by atoms with E-state index in [1.807, 2.05) is 66.7 Å². The van der Waals surface area contributed by atoms with Gasteiger partial charge in [-0.25, -0.2) is 15.0 Å². The molecule has 0 unspecified atom stereocenters. The number of fused-ring (bicyclic) bond motifs is 6. The van der Waals surface area contributed by atoms with Gasteiger partial charge in [-0.3, -0.25) is 0 Å². The van der Waals surface area contributed by atoms with Gasteiger partial charge in [0, 0.05) is 38.4 Å². The van der Waals surface area contributed by atoms with Crippen molar-refractivity contribution < 1.29 is 0 Å². The molecule has 338 valence electrons. The lowest BCUT2D eigenvalue weighted by Crippen LogP contribution is -2.11. The Morgan fingerprint density at radius 2 is 0.721 bits per heavy atom. The van der Waals surface area contributed by atoms with Crippen molar-refractivity contribution in [1.82, 2.24) is 24.1 Å². The third-order valence-electron chi connectivity index (χ3n) is 13.6. The Morgan fingerprint density at radius 3 is 1.06 bits per heavy atom. The molecule has 10 rings (SSSR count). The molecule has 0 radical (unpaired) electrons. The maximum atomic E-state index is 11.6. The van der Waals surface area contributed by atoms with Crippen LogP contribution in [0.15, 0.2) is 146 Å². The van der Waals surface area contributed by atoms with Gasteiger partial charge < -0.3 is 9.13 Å². The second kappa shape index (κ2) is 15.9. The number of hydrogen-bond donors (Lipinski definition) is 0. The van der Waals surface area contributed by atoms with Crippen LogP contribution in [0.2, 0.25) is 0 Å². The molecule has 3 aromatic heterocycles. The average molecular weight is 889 g/mol. The zero-order valence-corrected chi connectivity index (χ0v) is 41.5. The van der Waals surface area contributed by atoms with E-state index in [1.165, 1.54) is 33.0 Å². The van der Waals surface area contributed by atoms with E-state index in [4.69, 9.17) is 15.0 Å². The molecule has 10 aromatic rings. The Balaban J connectivity index is 1.38. The molecule has 0 N–H and O–H groups in total. The van der Waals surface area contributed by atoms with E-state index >= 15 is 0 Å². The molecule has 0 amide bonds. The van der Waals surface area contributed by atoms with E-state index < -0.39 is 0 Å². The molecule has 0 fully saturated rings. The minimum absolute atomic E-state index is 0.0506. The lowest BCUT2D eigenvalue weighted by molar-refractivity contribution is 0.590. The molecule has 0 aliphatic carbocycles. The standard InChI is InChI=1S/C62H60N6/c1-59(2,3)41-23-27-50-46(32-41)47-33-42(60(4,5)6)24-28-51(47)67(50)45-31-40(37-63)55(58-65-56(38-19-15-13-16-20-38)64-57(66-58)39-21-17-14-18-22-39)54(36-45)68-52-29-25-43(61(7,8)9)34-48(52)49-35-44(62(10,11)12)26-30-53(49)68/h13-36H,1-12H3. The molecule has 6 nitrogen and oxygen atoms in total. The van der Waals surface area contributed by atoms with E-state index in [2.05, 4.69) is 177 Å². The van der Waals surface area contributed by atoms with Crippen molar-refractivity contribution >= 4 is 43.6 Å². The van der Waals surface area contributed by atoms with Gasteiger partial charge in [-0.05, 0) is 105 Å². The minimum Gasteiger partial charge on any atom is -0.309 e. The third kappa shape index (κ3) is 7.74. The van der Waals surface area contributed by atoms with Crippen LogP contribution in [0, 0.1) is 11.3 Å². The number of nitrogens with zero attached hydrogens (tertiary/aromatic N) is 6. The summed E-state index contributed by atoms with van der Waals surface area (Å²) in [7, 11) is 0. The van der Waals surface area contributed by atoms with Gasteiger partial charge in [0.05, 0.1) is 38.9 Å². The fraction of sp³-hybridized carbons (Fsp3) is 0.258. The fourth-order valence-corrected chi connectivity index (χ4v) is 9.61. The van der Waals surface area contributed by atoms with Gasteiger partial charge in [0.25, 0.3) is 0 Å². The Labute approximate surface area is 401 Å². The molecule has 0 saturated carbocycles. The lowest BCUT2D eigenvalue weighted by atomic mass is 9.85. The van der Waals surface area contributed by atoms with Crippen molar-refractivity contribution in [2.45, 2.75) is 105 Å². The van der Waals surface area contributed by atoms with E-state index in [1.54, 1.807) is 0 Å². The maximum absolute atomic E-state index is 11.6. The van der Waals surface area contributed by atoms with Crippen LogP contribution in [0.1, 0.15) is 111 Å². The number of benzene rings is 7. The largest absolute Gasteiger partial charge is 0.309 e. The van der Waals surface area contributed by atoms with E-state index in [0.717, 1.165) is 55.3 Å². The predicted molar refractivity (Wildman–Crippen MR) is 284 cm³/mol. The number of aromatic nitrogens is 5. The summed E-state index contributed by atoms with van der Waals surface area (Å²) in [6.45, 7) is 27.2. The monoisotopic (exact) mass is 888 g/mol. The topological polar surface area (TPSA) is 72.3 Å². The van der Waals surface area contributed by atoms with Crippen LogP contribution in [-0.2, 0) is 21.7 Å². The highest BCUT2D eigenvalue weighted by atomic mass is 15.1. The first-order valence-corrected chi connectivity index (χ1v) is 23.8. The van der Waals surface area contributed by atoms with E-state index in [0.29, 0.717) is 28.6 Å². The highest BCUT2D eigenvalue weighted by Crippen LogP contribution is 2.44. The van der Waals surface area contributed by atoms with Gasteiger partial charge in [0.1, 0.15) is 6.07 Å². The Hall–Kier alpha value is -7.36. The van der Waals surface area contributed by atoms with Crippen LogP contribution >= 0.6 is 0 Å². The second-order valence-electron chi connectivity index (χ2n) is 22.6. The Morgan fingerprint density at radius 1 is 0.382 bits per heavy atom. The molecule has 0 atom stereocenters. The average Bonchev–Trinajstić information content (AvgIpc) is 3.82. The van der Waals surface area contributed by atoms with Crippen molar-refractivity contribution in [2.75, 3.05) is 0 Å². The van der Waals surface area contributed by atoms with Crippen LogP contribution in [0.4, 0.5) is 0 Å². The van der Waals surface area contributed by atoms with Crippen molar-refractivity contribution in [3.63, 3.8) is 0 Å². The summed E-state index contributed by atoms with van der Waals surface area (Å²) in [6.07, 6.45) is 0. The zero-order valence-electron chi connectivity index (χ0n) is 41.5. The first-order chi connectivity index (χ1) is 32.2. The SMILES string of the molecule is CC(C)(C)c1ccc2c(c1)c1cc(C(C)(C)C)ccc1n2-c1cc(C#N)c(-c2nc(-c3ccccc3)nc(-c3ccccc3)n2)c(-n2c3ccc(C(C)(C)C)cc3c3cc(C(C)(C)C)ccc32)c1. The predicted octanol–water partition coefficient (Wildman–Crippen LogP) is 16.1. The van der Waals surface area contributed by atoms with Crippen LogP contribution < -0.4 is 0 Å². The molecule has 68 heavy (non-hydrogen) atoms. The smallest absolute Gasteiger partial charge is 0.167 e. The molecule has 0 bridgehead atoms. The van der Waals surface area contributed by atoms with Crippen molar-refractivity contribution in [3.05, 3.63) is 173 Å². The Bertz CT molecular complexity index is 3450. The summed E-state index contributed by atoms with van der Waals surface area (Å²) in [5, 5.41) is 16.3. The second-order valence-corrected chi connectivity index (χ2v) is 22.6. The highest BCUT2D eigenvalue weighted by Gasteiger charge is 2.28. The number of rotatable bonds is 5. The maximum Gasteiger partial charge on any atom is 0.167 e. The molecular weight excluding hydrogens is 829 g/mol. The summed E-state index contributed by atoms with van der Waals surface area (Å²) in [6, 6.07) is 54.6. The quantitative estimate of drug-likeness (QED) is 0.173. The first kappa shape index (κ1) is 44.5. The van der Waals surface area contributed by atoms with Crippen LogP contribution in [-0.4, -0.2) is 24.1 Å². The van der Waals surface area contributed by atoms with Crippen LogP contribution in [0.5, 0.6) is 0 Å². The van der Waals surface area contributed by atoms with Crippen molar-refractivity contribution in [1.29, 1.82) is 5.26 Å². The molecule has 0 saturated heterocycles. The fourth-order valence-electron chi connectivity index (χ4n) is 9.61. The molecule has 0 aliphatic heterocycles. The van der Waals surface area contributed by atoms with Crippen LogP contribution in [0.25, 0.3) is 89.2 Å². The molecule has 7 aromatic carbocycles. The Kier molecular flexibility index (Phi) is 10.4. The normalized spacial score (nSPS) is 12.7. The van der Waals surface area contributed by atoms with Gasteiger partial charge >= 0.3 is 0 Å². The van der Waals surface area contributed by atoms with Crippen molar-refractivity contribution in [3.8, 4) is 51.6 Å². The summed E-state index contributed by atoms with van der Waals surface area (Å²) < 4.78 is 4.69. The minimum atomic E-state index is -0.0773. The summed E-state index contributed by atoms with van der Waals surface area (Å²) in [5.74, 6) is 1.49. The first-order valence-electron chi connectivity index (χ1n) is 23.8. The number of hydrogen-bond acceptors (Lipinski definition) is 4. The lowest BCUT2D eigenvalue weighted by Gasteiger charge is -2.21. The molecule has 0 aliphatic rings. The van der Waals surface area contributed by atoms with Gasteiger partial charge in [-0.1, -0.05) is 168 Å². The molecule has 3 heterocycles. The summed E-state index contributed by atoms with van der Waals surface area (Å²) in [4.78, 5) is 15.7. The van der Waals surface area contributed by atoms with E-state index in [-0.39, 0.29) is 21.7 Å².